The molecule has 1 unspecified atom stereocenters. The first-order chi connectivity index (χ1) is 8.97. The molecule has 1 aromatic carbocycles. The molecule has 0 amide bonds. The van der Waals surface area contributed by atoms with Crippen LogP contribution in [-0.2, 0) is 12.8 Å². The predicted molar refractivity (Wildman–Crippen MR) is 76.4 cm³/mol. The van der Waals surface area contributed by atoms with Crippen LogP contribution in [0.4, 0.5) is 4.39 Å². The predicted octanol–water partition coefficient (Wildman–Crippen LogP) is 3.70. The first-order valence-electron chi connectivity index (χ1n) is 6.01. The van der Waals surface area contributed by atoms with E-state index in [1.165, 1.54) is 6.07 Å². The fourth-order valence-corrected chi connectivity index (χ4v) is 3.06. The van der Waals surface area contributed by atoms with Gasteiger partial charge in [0.25, 0.3) is 0 Å². The molecule has 0 saturated carbocycles. The Morgan fingerprint density at radius 2 is 2.11 bits per heavy atom. The van der Waals surface area contributed by atoms with Gasteiger partial charge in [0, 0.05) is 17.7 Å². The van der Waals surface area contributed by atoms with E-state index >= 15 is 0 Å². The van der Waals surface area contributed by atoms with E-state index in [9.17, 15) is 9.50 Å². The second kappa shape index (κ2) is 5.99. The number of nitrogens with zero attached hydrogens (tertiary/aromatic N) is 1. The third-order valence-electron chi connectivity index (χ3n) is 2.97. The second-order valence-corrected chi connectivity index (χ2v) is 6.22. The Balaban J connectivity index is 2.05. The lowest BCUT2D eigenvalue weighted by Gasteiger charge is -2.10. The lowest BCUT2D eigenvalue weighted by atomic mass is 10.1. The summed E-state index contributed by atoms with van der Waals surface area (Å²) in [5.41, 5.74) is 1.42. The molecule has 2 aromatic rings. The average Bonchev–Trinajstić information content (AvgIpc) is 2.64. The molecule has 0 spiro atoms. The first-order valence-corrected chi connectivity index (χ1v) is 7.20. The van der Waals surface area contributed by atoms with Crippen LogP contribution in [0.3, 0.4) is 0 Å². The monoisotopic (exact) mass is 299 g/mol. The minimum Gasteiger partial charge on any atom is -0.392 e. The average molecular weight is 300 g/mol. The Hall–Kier alpha value is -0.970. The third-order valence-corrected chi connectivity index (χ3v) is 4.36. The summed E-state index contributed by atoms with van der Waals surface area (Å²) in [4.78, 5) is 5.52. The van der Waals surface area contributed by atoms with Gasteiger partial charge in [-0.25, -0.2) is 9.37 Å². The molecule has 0 aliphatic rings. The Labute approximate surface area is 120 Å². The zero-order valence-electron chi connectivity index (χ0n) is 10.8. The van der Waals surface area contributed by atoms with E-state index in [0.29, 0.717) is 12.0 Å². The van der Waals surface area contributed by atoms with Crippen LogP contribution in [0, 0.1) is 19.7 Å². The molecule has 0 bridgehead atoms. The van der Waals surface area contributed by atoms with Gasteiger partial charge in [-0.15, -0.1) is 11.3 Å². The molecule has 0 aliphatic heterocycles. The van der Waals surface area contributed by atoms with Crippen LogP contribution in [0.25, 0.3) is 0 Å². The summed E-state index contributed by atoms with van der Waals surface area (Å²) < 4.78 is 13.7. The van der Waals surface area contributed by atoms with E-state index < -0.39 is 11.9 Å². The minimum atomic E-state index is -0.655. The molecule has 0 aliphatic carbocycles. The van der Waals surface area contributed by atoms with Crippen molar-refractivity contribution < 1.29 is 9.50 Å². The topological polar surface area (TPSA) is 33.1 Å². The van der Waals surface area contributed by atoms with E-state index in [4.69, 9.17) is 11.6 Å². The Bertz CT molecular complexity index is 565. The second-order valence-electron chi connectivity index (χ2n) is 4.52. The Morgan fingerprint density at radius 3 is 2.74 bits per heavy atom. The summed E-state index contributed by atoms with van der Waals surface area (Å²) in [6.45, 7) is 3.94. The number of rotatable bonds is 4. The minimum absolute atomic E-state index is 0.0886. The molecule has 1 aromatic heterocycles. The van der Waals surface area contributed by atoms with Crippen molar-refractivity contribution in [1.29, 1.82) is 0 Å². The summed E-state index contributed by atoms with van der Waals surface area (Å²) in [5.74, 6) is -0.449. The van der Waals surface area contributed by atoms with Gasteiger partial charge in [0.05, 0.1) is 21.8 Å². The van der Waals surface area contributed by atoms with Gasteiger partial charge < -0.3 is 5.11 Å². The van der Waals surface area contributed by atoms with Crippen LogP contribution in [0.2, 0.25) is 5.02 Å². The van der Waals surface area contributed by atoms with Crippen LogP contribution >= 0.6 is 22.9 Å². The fourth-order valence-electron chi connectivity index (χ4n) is 1.86. The van der Waals surface area contributed by atoms with Gasteiger partial charge in [-0.2, -0.15) is 0 Å². The first kappa shape index (κ1) is 14.4. The van der Waals surface area contributed by atoms with Crippen LogP contribution in [0.1, 0.15) is 21.1 Å². The highest BCUT2D eigenvalue weighted by Crippen LogP contribution is 2.22. The van der Waals surface area contributed by atoms with Crippen LogP contribution in [0.15, 0.2) is 18.2 Å². The summed E-state index contributed by atoms with van der Waals surface area (Å²) in [6, 6.07) is 4.83. The number of hydrogen-bond donors (Lipinski definition) is 1. The summed E-state index contributed by atoms with van der Waals surface area (Å²) in [7, 11) is 0. The van der Waals surface area contributed by atoms with Crippen molar-refractivity contribution in [2.45, 2.75) is 32.8 Å². The Morgan fingerprint density at radius 1 is 1.37 bits per heavy atom. The largest absolute Gasteiger partial charge is 0.392 e. The highest BCUT2D eigenvalue weighted by atomic mass is 35.5. The molecule has 5 heteroatoms. The highest BCUT2D eigenvalue weighted by molar-refractivity contribution is 7.11. The molecule has 1 heterocycles. The molecule has 0 radical (unpaired) electrons. The van der Waals surface area contributed by atoms with Crippen molar-refractivity contribution in [1.82, 2.24) is 4.98 Å². The SMILES string of the molecule is Cc1nc(CC(O)Cc2cccc(Cl)c2F)sc1C. The molecule has 2 rings (SSSR count). The van der Waals surface area contributed by atoms with Crippen molar-refractivity contribution in [3.05, 3.63) is 50.2 Å². The standard InChI is InChI=1S/C14H15ClFNOS/c1-8-9(2)19-13(17-8)7-11(18)6-10-4-3-5-12(15)14(10)16/h3-5,11,18H,6-7H2,1-2H3. The van der Waals surface area contributed by atoms with Gasteiger partial charge in [0.15, 0.2) is 0 Å². The smallest absolute Gasteiger partial charge is 0.145 e. The lowest BCUT2D eigenvalue weighted by molar-refractivity contribution is 0.174. The van der Waals surface area contributed by atoms with Gasteiger partial charge in [-0.3, -0.25) is 0 Å². The molecular formula is C14H15ClFNOS. The van der Waals surface area contributed by atoms with Gasteiger partial charge in [-0.05, 0) is 25.5 Å². The maximum absolute atomic E-state index is 13.7. The molecular weight excluding hydrogens is 285 g/mol. The number of aryl methyl sites for hydroxylation is 2. The number of aromatic nitrogens is 1. The quantitative estimate of drug-likeness (QED) is 0.934. The summed E-state index contributed by atoms with van der Waals surface area (Å²) >= 11 is 7.28. The third kappa shape index (κ3) is 3.53. The maximum atomic E-state index is 13.7. The van der Waals surface area contributed by atoms with Crippen LogP contribution in [-0.4, -0.2) is 16.2 Å². The van der Waals surface area contributed by atoms with E-state index in [1.807, 2.05) is 13.8 Å². The number of aliphatic hydroxyl groups is 1. The van der Waals surface area contributed by atoms with E-state index in [1.54, 1.807) is 23.5 Å². The molecule has 19 heavy (non-hydrogen) atoms. The van der Waals surface area contributed by atoms with Crippen molar-refractivity contribution in [3.8, 4) is 0 Å². The molecule has 1 atom stereocenters. The summed E-state index contributed by atoms with van der Waals surface area (Å²) in [6.07, 6.45) is 0.0213. The molecule has 1 N–H and O–H groups in total. The van der Waals surface area contributed by atoms with Gasteiger partial charge >= 0.3 is 0 Å². The number of halogens is 2. The number of hydrogen-bond acceptors (Lipinski definition) is 3. The number of benzene rings is 1. The van der Waals surface area contributed by atoms with E-state index in [-0.39, 0.29) is 11.4 Å². The molecule has 102 valence electrons. The van der Waals surface area contributed by atoms with Gasteiger partial charge in [0.1, 0.15) is 5.82 Å². The number of thiazole rings is 1. The van der Waals surface area contributed by atoms with Crippen molar-refractivity contribution in [3.63, 3.8) is 0 Å². The van der Waals surface area contributed by atoms with E-state index in [2.05, 4.69) is 4.98 Å². The zero-order valence-corrected chi connectivity index (χ0v) is 12.4. The molecule has 0 saturated heterocycles. The molecule has 0 fully saturated rings. The van der Waals surface area contributed by atoms with Crippen molar-refractivity contribution in [2.75, 3.05) is 0 Å². The number of aliphatic hydroxyl groups excluding tert-OH is 1. The van der Waals surface area contributed by atoms with Gasteiger partial charge in [-0.1, -0.05) is 23.7 Å². The van der Waals surface area contributed by atoms with Crippen LogP contribution in [0.5, 0.6) is 0 Å². The highest BCUT2D eigenvalue weighted by Gasteiger charge is 2.14. The van der Waals surface area contributed by atoms with Crippen molar-refractivity contribution >= 4 is 22.9 Å². The maximum Gasteiger partial charge on any atom is 0.145 e. The summed E-state index contributed by atoms with van der Waals surface area (Å²) in [5, 5.41) is 11.0. The van der Waals surface area contributed by atoms with Gasteiger partial charge in [0.2, 0.25) is 0 Å². The fraction of sp³-hybridized carbons (Fsp3) is 0.357. The van der Waals surface area contributed by atoms with E-state index in [0.717, 1.165) is 15.6 Å². The normalized spacial score (nSPS) is 12.7. The van der Waals surface area contributed by atoms with Crippen LogP contribution < -0.4 is 0 Å². The zero-order chi connectivity index (χ0) is 14.0. The lowest BCUT2D eigenvalue weighted by Crippen LogP contribution is -2.14. The Kier molecular flexibility index (Phi) is 4.55. The van der Waals surface area contributed by atoms with Crippen molar-refractivity contribution in [2.24, 2.45) is 0 Å². The molecule has 2 nitrogen and oxygen atoms in total.